The van der Waals surface area contributed by atoms with Crippen LogP contribution < -0.4 is 5.32 Å². The van der Waals surface area contributed by atoms with Gasteiger partial charge < -0.3 is 10.1 Å². The maximum Gasteiger partial charge on any atom is 0.0497 e. The SMILES string of the molecule is CCOCC1CC(C(C)(C)C)CCC1CNCC(C)C. The second kappa shape index (κ2) is 8.38. The maximum absolute atomic E-state index is 5.76. The van der Waals surface area contributed by atoms with Gasteiger partial charge in [-0.05, 0) is 68.4 Å². The molecule has 1 aliphatic rings. The zero-order chi connectivity index (χ0) is 15.2. The van der Waals surface area contributed by atoms with E-state index in [1.807, 2.05) is 0 Å². The predicted molar refractivity (Wildman–Crippen MR) is 88.0 cm³/mol. The summed E-state index contributed by atoms with van der Waals surface area (Å²) in [7, 11) is 0. The Bertz CT molecular complexity index is 257. The van der Waals surface area contributed by atoms with E-state index in [0.29, 0.717) is 5.41 Å². The summed E-state index contributed by atoms with van der Waals surface area (Å²) in [4.78, 5) is 0. The monoisotopic (exact) mass is 283 g/mol. The first-order valence-electron chi connectivity index (χ1n) is 8.63. The van der Waals surface area contributed by atoms with Gasteiger partial charge in [-0.2, -0.15) is 0 Å². The minimum absolute atomic E-state index is 0.445. The van der Waals surface area contributed by atoms with E-state index in [9.17, 15) is 0 Å². The highest BCUT2D eigenvalue weighted by Crippen LogP contribution is 2.42. The third-order valence-corrected chi connectivity index (χ3v) is 4.86. The van der Waals surface area contributed by atoms with Gasteiger partial charge in [-0.3, -0.25) is 0 Å². The van der Waals surface area contributed by atoms with Gasteiger partial charge in [0.2, 0.25) is 0 Å². The molecular formula is C18H37NO. The van der Waals surface area contributed by atoms with Crippen molar-refractivity contribution < 1.29 is 4.74 Å². The molecule has 1 saturated carbocycles. The number of ether oxygens (including phenoxy) is 1. The van der Waals surface area contributed by atoms with Crippen LogP contribution >= 0.6 is 0 Å². The zero-order valence-electron chi connectivity index (χ0n) is 14.7. The molecular weight excluding hydrogens is 246 g/mol. The van der Waals surface area contributed by atoms with Crippen LogP contribution in [0.15, 0.2) is 0 Å². The molecule has 1 N–H and O–H groups in total. The summed E-state index contributed by atoms with van der Waals surface area (Å²) in [5.41, 5.74) is 0.445. The second-order valence-electron chi connectivity index (χ2n) is 8.11. The van der Waals surface area contributed by atoms with Crippen LogP contribution in [0.4, 0.5) is 0 Å². The molecule has 1 aliphatic carbocycles. The molecule has 3 atom stereocenters. The Morgan fingerprint density at radius 2 is 1.85 bits per heavy atom. The van der Waals surface area contributed by atoms with Crippen LogP contribution in [0.1, 0.15) is 60.8 Å². The standard InChI is InChI=1S/C18H37NO/c1-7-20-13-16-10-17(18(4,5)6)9-8-15(16)12-19-11-14(2)3/h14-17,19H,7-13H2,1-6H3. The van der Waals surface area contributed by atoms with Crippen LogP contribution in [0.2, 0.25) is 0 Å². The highest BCUT2D eigenvalue weighted by molar-refractivity contribution is 4.86. The molecule has 2 nitrogen and oxygen atoms in total. The molecule has 0 bridgehead atoms. The van der Waals surface area contributed by atoms with Gasteiger partial charge in [-0.1, -0.05) is 34.6 Å². The molecule has 0 aromatic carbocycles. The summed E-state index contributed by atoms with van der Waals surface area (Å²) in [6, 6.07) is 0. The topological polar surface area (TPSA) is 21.3 Å². The summed E-state index contributed by atoms with van der Waals surface area (Å²) in [6.45, 7) is 18.0. The Morgan fingerprint density at radius 3 is 2.40 bits per heavy atom. The fourth-order valence-electron chi connectivity index (χ4n) is 3.41. The van der Waals surface area contributed by atoms with Gasteiger partial charge in [0, 0.05) is 13.2 Å². The van der Waals surface area contributed by atoms with Gasteiger partial charge in [-0.15, -0.1) is 0 Å². The fourth-order valence-corrected chi connectivity index (χ4v) is 3.41. The highest BCUT2D eigenvalue weighted by atomic mass is 16.5. The summed E-state index contributed by atoms with van der Waals surface area (Å²) < 4.78 is 5.76. The summed E-state index contributed by atoms with van der Waals surface area (Å²) in [5, 5.41) is 3.66. The van der Waals surface area contributed by atoms with Gasteiger partial charge in [0.15, 0.2) is 0 Å². The molecule has 120 valence electrons. The average Bonchev–Trinajstić information content (AvgIpc) is 2.35. The lowest BCUT2D eigenvalue weighted by molar-refractivity contribution is 0.0268. The number of hydrogen-bond donors (Lipinski definition) is 1. The Hall–Kier alpha value is -0.0800. The second-order valence-corrected chi connectivity index (χ2v) is 8.11. The maximum atomic E-state index is 5.76. The molecule has 0 saturated heterocycles. The first-order chi connectivity index (χ1) is 9.34. The molecule has 0 aromatic rings. The fraction of sp³-hybridized carbons (Fsp3) is 1.00. The van der Waals surface area contributed by atoms with Gasteiger partial charge in [0.1, 0.15) is 0 Å². The molecule has 0 aliphatic heterocycles. The van der Waals surface area contributed by atoms with E-state index in [1.54, 1.807) is 0 Å². The first-order valence-corrected chi connectivity index (χ1v) is 8.63. The quantitative estimate of drug-likeness (QED) is 0.750. The Morgan fingerprint density at radius 1 is 1.15 bits per heavy atom. The molecule has 0 aromatic heterocycles. The van der Waals surface area contributed by atoms with Crippen LogP contribution in [-0.2, 0) is 4.74 Å². The summed E-state index contributed by atoms with van der Waals surface area (Å²) >= 11 is 0. The third kappa shape index (κ3) is 6.13. The molecule has 1 rings (SSSR count). The average molecular weight is 284 g/mol. The lowest BCUT2D eigenvalue weighted by Crippen LogP contribution is -2.39. The van der Waals surface area contributed by atoms with Crippen LogP contribution in [0.25, 0.3) is 0 Å². The van der Waals surface area contributed by atoms with Crippen LogP contribution in [0.3, 0.4) is 0 Å². The molecule has 0 amide bonds. The Kier molecular flexibility index (Phi) is 7.53. The van der Waals surface area contributed by atoms with Crippen LogP contribution in [-0.4, -0.2) is 26.3 Å². The van der Waals surface area contributed by atoms with E-state index in [2.05, 4.69) is 46.9 Å². The van der Waals surface area contributed by atoms with E-state index in [-0.39, 0.29) is 0 Å². The van der Waals surface area contributed by atoms with E-state index in [1.165, 1.54) is 25.8 Å². The molecule has 0 radical (unpaired) electrons. The lowest BCUT2D eigenvalue weighted by Gasteiger charge is -2.42. The summed E-state index contributed by atoms with van der Waals surface area (Å²) in [5.74, 6) is 3.15. The van der Waals surface area contributed by atoms with Gasteiger partial charge >= 0.3 is 0 Å². The van der Waals surface area contributed by atoms with Crippen molar-refractivity contribution in [3.8, 4) is 0 Å². The normalized spacial score (nSPS) is 28.1. The lowest BCUT2D eigenvalue weighted by atomic mass is 9.65. The molecule has 2 heteroatoms. The first kappa shape index (κ1) is 18.0. The van der Waals surface area contributed by atoms with E-state index >= 15 is 0 Å². The number of hydrogen-bond acceptors (Lipinski definition) is 2. The molecule has 1 fully saturated rings. The van der Waals surface area contributed by atoms with Crippen molar-refractivity contribution in [1.82, 2.24) is 5.32 Å². The minimum Gasteiger partial charge on any atom is -0.381 e. The highest BCUT2D eigenvalue weighted by Gasteiger charge is 2.35. The van der Waals surface area contributed by atoms with Gasteiger partial charge in [-0.25, -0.2) is 0 Å². The van der Waals surface area contributed by atoms with Crippen LogP contribution in [0, 0.1) is 29.1 Å². The largest absolute Gasteiger partial charge is 0.381 e. The van der Waals surface area contributed by atoms with E-state index in [0.717, 1.165) is 43.4 Å². The van der Waals surface area contributed by atoms with Crippen molar-refractivity contribution >= 4 is 0 Å². The van der Waals surface area contributed by atoms with Crippen molar-refractivity contribution in [2.45, 2.75) is 60.8 Å². The molecule has 0 heterocycles. The van der Waals surface area contributed by atoms with Gasteiger partial charge in [0.25, 0.3) is 0 Å². The van der Waals surface area contributed by atoms with Gasteiger partial charge in [0.05, 0.1) is 0 Å². The molecule has 0 spiro atoms. The zero-order valence-corrected chi connectivity index (χ0v) is 14.7. The Labute approximate surface area is 127 Å². The van der Waals surface area contributed by atoms with Crippen molar-refractivity contribution in [3.63, 3.8) is 0 Å². The van der Waals surface area contributed by atoms with E-state index < -0.39 is 0 Å². The predicted octanol–water partition coefficient (Wildman–Crippen LogP) is 4.35. The van der Waals surface area contributed by atoms with Crippen LogP contribution in [0.5, 0.6) is 0 Å². The number of nitrogens with one attached hydrogen (secondary N) is 1. The summed E-state index contributed by atoms with van der Waals surface area (Å²) in [6.07, 6.45) is 4.10. The minimum atomic E-state index is 0.445. The van der Waals surface area contributed by atoms with Crippen molar-refractivity contribution in [2.75, 3.05) is 26.3 Å². The van der Waals surface area contributed by atoms with Crippen molar-refractivity contribution in [1.29, 1.82) is 0 Å². The third-order valence-electron chi connectivity index (χ3n) is 4.86. The van der Waals surface area contributed by atoms with Crippen molar-refractivity contribution in [2.24, 2.45) is 29.1 Å². The van der Waals surface area contributed by atoms with E-state index in [4.69, 9.17) is 4.74 Å². The van der Waals surface area contributed by atoms with Crippen molar-refractivity contribution in [3.05, 3.63) is 0 Å². The number of rotatable bonds is 7. The molecule has 20 heavy (non-hydrogen) atoms. The Balaban J connectivity index is 2.51. The molecule has 3 unspecified atom stereocenters. The smallest absolute Gasteiger partial charge is 0.0497 e.